The average molecular weight is 390 g/mol. The van der Waals surface area contributed by atoms with E-state index in [-0.39, 0.29) is 12.5 Å². The van der Waals surface area contributed by atoms with Crippen molar-refractivity contribution in [3.8, 4) is 11.3 Å². The largest absolute Gasteiger partial charge is 0.405 e. The Morgan fingerprint density at radius 2 is 2.00 bits per heavy atom. The zero-order chi connectivity index (χ0) is 21.0. The number of benzene rings is 2. The average Bonchev–Trinajstić information content (AvgIpc) is 3.05. The van der Waals surface area contributed by atoms with Crippen molar-refractivity contribution < 1.29 is 9.90 Å². The molecule has 0 aliphatic heterocycles. The van der Waals surface area contributed by atoms with Crippen LogP contribution >= 0.6 is 0 Å². The fraction of sp³-hybridized carbons (Fsp3) is 0.174. The summed E-state index contributed by atoms with van der Waals surface area (Å²) < 4.78 is 0. The smallest absolute Gasteiger partial charge is 0.253 e. The Labute approximate surface area is 169 Å². The highest BCUT2D eigenvalue weighted by Crippen LogP contribution is 2.32. The number of carbonyl (C=O) groups excluding carboxylic acids is 1. The number of rotatable bonds is 6. The maximum Gasteiger partial charge on any atom is 0.253 e. The van der Waals surface area contributed by atoms with Crippen LogP contribution in [0.2, 0.25) is 0 Å². The van der Waals surface area contributed by atoms with E-state index in [1.807, 2.05) is 36.4 Å². The number of aromatic amines is 1. The van der Waals surface area contributed by atoms with Crippen LogP contribution in [0.5, 0.6) is 0 Å². The third-order valence-corrected chi connectivity index (χ3v) is 4.97. The summed E-state index contributed by atoms with van der Waals surface area (Å²) in [5, 5.41) is 13.6. The van der Waals surface area contributed by atoms with E-state index in [4.69, 9.17) is 11.5 Å². The van der Waals surface area contributed by atoms with Gasteiger partial charge in [0.2, 0.25) is 0 Å². The second kappa shape index (κ2) is 8.67. The number of hydrogen-bond acceptors (Lipinski definition) is 4. The zero-order valence-corrected chi connectivity index (χ0v) is 16.6. The van der Waals surface area contributed by atoms with Crippen LogP contribution in [0, 0.1) is 6.92 Å². The molecule has 0 bridgehead atoms. The van der Waals surface area contributed by atoms with Crippen molar-refractivity contribution in [1.29, 1.82) is 0 Å². The van der Waals surface area contributed by atoms with Gasteiger partial charge in [-0.25, -0.2) is 0 Å². The number of aryl methyl sites for hydroxylation is 1. The highest BCUT2D eigenvalue weighted by atomic mass is 16.3. The summed E-state index contributed by atoms with van der Waals surface area (Å²) >= 11 is 0. The molecule has 0 aliphatic rings. The Kier molecular flexibility index (Phi) is 6.04. The van der Waals surface area contributed by atoms with Crippen molar-refractivity contribution in [1.82, 2.24) is 10.3 Å². The molecule has 2 aromatic carbocycles. The summed E-state index contributed by atoms with van der Waals surface area (Å²) in [5.74, 6) is -0.268. The lowest BCUT2D eigenvalue weighted by Gasteiger charge is -2.08. The quantitative estimate of drug-likeness (QED) is 0.328. The Morgan fingerprint density at radius 3 is 2.69 bits per heavy atom. The standard InChI is InChI=1S/C23H26N4O2/c1-14-20-11-16(12-26-23(29)18(9-10-24)15(2)25)7-8-21(20)27-22(14)19-6-4-3-5-17(19)13-28/h3-11,27-28H,12-13,24-25H2,1-2H3,(H,26,29)/b10-9-,18-15+. The summed E-state index contributed by atoms with van der Waals surface area (Å²) in [5.41, 5.74) is 17.8. The topological polar surface area (TPSA) is 117 Å². The highest BCUT2D eigenvalue weighted by Gasteiger charge is 2.13. The monoisotopic (exact) mass is 390 g/mol. The van der Waals surface area contributed by atoms with Crippen LogP contribution in [0.1, 0.15) is 23.6 Å². The van der Waals surface area contributed by atoms with Gasteiger partial charge in [0, 0.05) is 34.4 Å². The minimum absolute atomic E-state index is 0.0179. The van der Waals surface area contributed by atoms with Crippen molar-refractivity contribution in [2.45, 2.75) is 27.0 Å². The molecule has 6 nitrogen and oxygen atoms in total. The van der Waals surface area contributed by atoms with Gasteiger partial charge in [0.1, 0.15) is 0 Å². The van der Waals surface area contributed by atoms with Gasteiger partial charge < -0.3 is 26.9 Å². The van der Waals surface area contributed by atoms with Crippen molar-refractivity contribution in [2.75, 3.05) is 0 Å². The minimum atomic E-state index is -0.268. The maximum atomic E-state index is 12.4. The van der Waals surface area contributed by atoms with E-state index >= 15 is 0 Å². The summed E-state index contributed by atoms with van der Waals surface area (Å²) in [6.45, 7) is 4.07. The number of H-pyrrole nitrogens is 1. The first-order chi connectivity index (χ1) is 14.0. The molecule has 1 heterocycles. The number of aliphatic hydroxyl groups is 1. The molecule has 3 rings (SSSR count). The number of carbonyl (C=O) groups is 1. The molecule has 0 radical (unpaired) electrons. The number of allylic oxidation sites excluding steroid dienone is 1. The first-order valence-corrected chi connectivity index (χ1v) is 9.39. The van der Waals surface area contributed by atoms with Crippen molar-refractivity contribution >= 4 is 16.8 Å². The number of amides is 1. The van der Waals surface area contributed by atoms with Crippen LogP contribution in [-0.4, -0.2) is 16.0 Å². The van der Waals surface area contributed by atoms with Gasteiger partial charge in [-0.1, -0.05) is 30.3 Å². The minimum Gasteiger partial charge on any atom is -0.405 e. The van der Waals surface area contributed by atoms with Crippen molar-refractivity contribution in [3.05, 3.63) is 82.7 Å². The van der Waals surface area contributed by atoms with E-state index in [2.05, 4.69) is 23.3 Å². The molecular weight excluding hydrogens is 364 g/mol. The predicted octanol–water partition coefficient (Wildman–Crippen LogP) is 2.96. The molecule has 150 valence electrons. The summed E-state index contributed by atoms with van der Waals surface area (Å²) in [4.78, 5) is 15.8. The van der Waals surface area contributed by atoms with E-state index in [1.54, 1.807) is 6.92 Å². The SMILES string of the molecule is C/C(N)=C(/C=C\N)C(=O)NCc1ccc2[nH]c(-c3ccccc3CO)c(C)c2c1. The van der Waals surface area contributed by atoms with E-state index in [9.17, 15) is 9.90 Å². The number of hydrogen-bond donors (Lipinski definition) is 5. The van der Waals surface area contributed by atoms with E-state index in [0.717, 1.165) is 38.9 Å². The van der Waals surface area contributed by atoms with Crippen LogP contribution < -0.4 is 16.8 Å². The number of aliphatic hydroxyl groups excluding tert-OH is 1. The molecule has 0 unspecified atom stereocenters. The fourth-order valence-electron chi connectivity index (χ4n) is 3.42. The fourth-order valence-corrected chi connectivity index (χ4v) is 3.42. The van der Waals surface area contributed by atoms with E-state index in [1.165, 1.54) is 12.3 Å². The van der Waals surface area contributed by atoms with Crippen LogP contribution in [0.15, 0.2) is 66.0 Å². The number of nitrogens with one attached hydrogen (secondary N) is 2. The maximum absolute atomic E-state index is 12.4. The Bertz CT molecular complexity index is 1110. The summed E-state index contributed by atoms with van der Waals surface area (Å²) in [6.07, 6.45) is 2.79. The number of fused-ring (bicyclic) bond motifs is 1. The Hall–Kier alpha value is -3.51. The molecular formula is C23H26N4O2. The lowest BCUT2D eigenvalue weighted by atomic mass is 10.0. The Morgan fingerprint density at radius 1 is 1.24 bits per heavy atom. The third kappa shape index (κ3) is 4.17. The number of nitrogens with two attached hydrogens (primary N) is 2. The molecule has 6 heteroatoms. The zero-order valence-electron chi connectivity index (χ0n) is 16.6. The molecule has 3 aromatic rings. The van der Waals surface area contributed by atoms with Gasteiger partial charge in [0.15, 0.2) is 0 Å². The van der Waals surface area contributed by atoms with Crippen molar-refractivity contribution in [2.24, 2.45) is 11.5 Å². The van der Waals surface area contributed by atoms with E-state index < -0.39 is 0 Å². The van der Waals surface area contributed by atoms with Crippen molar-refractivity contribution in [3.63, 3.8) is 0 Å². The molecule has 0 saturated carbocycles. The second-order valence-electron chi connectivity index (χ2n) is 6.96. The molecule has 0 spiro atoms. The van der Waals surface area contributed by atoms with Gasteiger partial charge in [-0.05, 0) is 54.9 Å². The van der Waals surface area contributed by atoms with Gasteiger partial charge in [-0.3, -0.25) is 4.79 Å². The third-order valence-electron chi connectivity index (χ3n) is 4.97. The molecule has 0 atom stereocenters. The molecule has 0 saturated heterocycles. The van der Waals surface area contributed by atoms with Crippen LogP contribution in [0.3, 0.4) is 0 Å². The molecule has 7 N–H and O–H groups in total. The van der Waals surface area contributed by atoms with Crippen LogP contribution in [-0.2, 0) is 17.9 Å². The van der Waals surface area contributed by atoms with Gasteiger partial charge >= 0.3 is 0 Å². The predicted molar refractivity (Wildman–Crippen MR) is 116 cm³/mol. The highest BCUT2D eigenvalue weighted by molar-refractivity contribution is 5.97. The molecule has 29 heavy (non-hydrogen) atoms. The molecule has 1 aromatic heterocycles. The second-order valence-corrected chi connectivity index (χ2v) is 6.96. The lowest BCUT2D eigenvalue weighted by molar-refractivity contribution is -0.117. The van der Waals surface area contributed by atoms with E-state index in [0.29, 0.717) is 17.8 Å². The van der Waals surface area contributed by atoms with Gasteiger partial charge in [-0.2, -0.15) is 0 Å². The first-order valence-electron chi connectivity index (χ1n) is 9.39. The number of aromatic nitrogens is 1. The molecule has 0 aliphatic carbocycles. The normalized spacial score (nSPS) is 12.4. The lowest BCUT2D eigenvalue weighted by Crippen LogP contribution is -2.25. The molecule has 0 fully saturated rings. The summed E-state index contributed by atoms with van der Waals surface area (Å²) in [7, 11) is 0. The van der Waals surface area contributed by atoms with Crippen LogP contribution in [0.25, 0.3) is 22.2 Å². The Balaban J connectivity index is 1.89. The van der Waals surface area contributed by atoms with Gasteiger partial charge in [0.25, 0.3) is 5.91 Å². The van der Waals surface area contributed by atoms with Crippen LogP contribution in [0.4, 0.5) is 0 Å². The molecule has 1 amide bonds. The first kappa shape index (κ1) is 20.2. The summed E-state index contributed by atoms with van der Waals surface area (Å²) in [6, 6.07) is 13.8. The van der Waals surface area contributed by atoms with Gasteiger partial charge in [0.05, 0.1) is 12.2 Å². The van der Waals surface area contributed by atoms with Gasteiger partial charge in [-0.15, -0.1) is 0 Å².